The van der Waals surface area contributed by atoms with Crippen molar-refractivity contribution < 1.29 is 9.21 Å². The number of fused-ring (bicyclic) bond motifs is 1. The third-order valence-electron chi connectivity index (χ3n) is 4.87. The number of carbonyl (C=O) groups excluding carboxylic acids is 1. The molecule has 0 spiro atoms. The second kappa shape index (κ2) is 7.54. The lowest BCUT2D eigenvalue weighted by Crippen LogP contribution is -2.28. The standard InChI is InChI=1S/C23H22N2O2/c1-17-7-5-6-10-20(17)16-25-21(15-19-12-14-27-23(19)25)22(26)24-13-11-18-8-3-2-4-9-18/h2-10,12,14-15H,11,13,16H2,1H3,(H,24,26). The van der Waals surface area contributed by atoms with Gasteiger partial charge in [0, 0.05) is 11.9 Å². The van der Waals surface area contributed by atoms with Gasteiger partial charge in [-0.1, -0.05) is 54.6 Å². The molecule has 1 N–H and O–H groups in total. The molecule has 4 nitrogen and oxygen atoms in total. The summed E-state index contributed by atoms with van der Waals surface area (Å²) in [5, 5.41) is 3.98. The molecule has 2 aromatic heterocycles. The van der Waals surface area contributed by atoms with Crippen LogP contribution in [0, 0.1) is 6.92 Å². The molecule has 0 bridgehead atoms. The van der Waals surface area contributed by atoms with Crippen LogP contribution in [0.3, 0.4) is 0 Å². The van der Waals surface area contributed by atoms with Crippen LogP contribution in [0.4, 0.5) is 0 Å². The molecule has 0 saturated heterocycles. The third kappa shape index (κ3) is 3.65. The van der Waals surface area contributed by atoms with E-state index in [1.807, 2.05) is 47.0 Å². The molecule has 0 aliphatic heterocycles. The van der Waals surface area contributed by atoms with Crippen LogP contribution in [0.2, 0.25) is 0 Å². The van der Waals surface area contributed by atoms with Crippen molar-refractivity contribution in [3.8, 4) is 0 Å². The minimum atomic E-state index is -0.0779. The molecule has 4 heteroatoms. The Labute approximate surface area is 158 Å². The Hall–Kier alpha value is -3.27. The zero-order valence-electron chi connectivity index (χ0n) is 15.3. The van der Waals surface area contributed by atoms with E-state index < -0.39 is 0 Å². The van der Waals surface area contributed by atoms with Crippen molar-refractivity contribution >= 4 is 17.0 Å². The van der Waals surface area contributed by atoms with Gasteiger partial charge in [0.25, 0.3) is 5.91 Å². The van der Waals surface area contributed by atoms with Gasteiger partial charge < -0.3 is 14.3 Å². The first-order chi connectivity index (χ1) is 13.2. The van der Waals surface area contributed by atoms with Crippen molar-refractivity contribution in [1.82, 2.24) is 9.88 Å². The number of aromatic nitrogens is 1. The lowest BCUT2D eigenvalue weighted by Gasteiger charge is -2.12. The van der Waals surface area contributed by atoms with E-state index in [0.717, 1.165) is 17.5 Å². The maximum Gasteiger partial charge on any atom is 0.268 e. The largest absolute Gasteiger partial charge is 0.448 e. The van der Waals surface area contributed by atoms with Gasteiger partial charge in [-0.05, 0) is 42.2 Å². The zero-order valence-corrected chi connectivity index (χ0v) is 15.3. The lowest BCUT2D eigenvalue weighted by molar-refractivity contribution is 0.0945. The average Bonchev–Trinajstić information content (AvgIpc) is 3.27. The summed E-state index contributed by atoms with van der Waals surface area (Å²) in [5.74, 6) is -0.0779. The Balaban J connectivity index is 1.55. The summed E-state index contributed by atoms with van der Waals surface area (Å²) >= 11 is 0. The van der Waals surface area contributed by atoms with Gasteiger partial charge in [-0.25, -0.2) is 0 Å². The minimum absolute atomic E-state index is 0.0779. The fourth-order valence-corrected chi connectivity index (χ4v) is 3.33. The van der Waals surface area contributed by atoms with E-state index in [-0.39, 0.29) is 5.91 Å². The van der Waals surface area contributed by atoms with Gasteiger partial charge in [0.05, 0.1) is 12.8 Å². The molecule has 0 unspecified atom stereocenters. The predicted octanol–water partition coefficient (Wildman–Crippen LogP) is 4.56. The molecule has 0 saturated carbocycles. The number of nitrogens with one attached hydrogen (secondary N) is 1. The first-order valence-electron chi connectivity index (χ1n) is 9.16. The van der Waals surface area contributed by atoms with E-state index in [1.165, 1.54) is 16.7 Å². The van der Waals surface area contributed by atoms with Crippen LogP contribution in [0.5, 0.6) is 0 Å². The quantitative estimate of drug-likeness (QED) is 0.549. The van der Waals surface area contributed by atoms with Crippen LogP contribution in [0.15, 0.2) is 77.4 Å². The molecule has 27 heavy (non-hydrogen) atoms. The molecular weight excluding hydrogens is 336 g/mol. The Bertz CT molecular complexity index is 1060. The molecule has 0 radical (unpaired) electrons. The molecule has 2 aromatic carbocycles. The second-order valence-corrected chi connectivity index (χ2v) is 6.71. The smallest absolute Gasteiger partial charge is 0.268 e. The number of hydrogen-bond acceptors (Lipinski definition) is 2. The number of furan rings is 1. The second-order valence-electron chi connectivity index (χ2n) is 6.71. The van der Waals surface area contributed by atoms with Crippen molar-refractivity contribution in [3.63, 3.8) is 0 Å². The minimum Gasteiger partial charge on any atom is -0.448 e. The summed E-state index contributed by atoms with van der Waals surface area (Å²) in [6.45, 7) is 3.28. The number of hydrogen-bond donors (Lipinski definition) is 1. The van der Waals surface area contributed by atoms with E-state index in [1.54, 1.807) is 6.26 Å². The molecule has 0 aliphatic carbocycles. The summed E-state index contributed by atoms with van der Waals surface area (Å²) in [6, 6.07) is 22.2. The molecule has 0 atom stereocenters. The lowest BCUT2D eigenvalue weighted by atomic mass is 10.1. The predicted molar refractivity (Wildman–Crippen MR) is 107 cm³/mol. The summed E-state index contributed by atoms with van der Waals surface area (Å²) in [7, 11) is 0. The Morgan fingerprint density at radius 1 is 1.04 bits per heavy atom. The molecule has 0 fully saturated rings. The van der Waals surface area contributed by atoms with Gasteiger partial charge in [0.2, 0.25) is 5.71 Å². The van der Waals surface area contributed by atoms with Crippen molar-refractivity contribution in [2.75, 3.05) is 6.54 Å². The van der Waals surface area contributed by atoms with Crippen LogP contribution < -0.4 is 5.32 Å². The van der Waals surface area contributed by atoms with Crippen molar-refractivity contribution in [1.29, 1.82) is 0 Å². The molecule has 2 heterocycles. The van der Waals surface area contributed by atoms with E-state index in [0.29, 0.717) is 18.8 Å². The summed E-state index contributed by atoms with van der Waals surface area (Å²) in [5.41, 5.74) is 4.93. The highest BCUT2D eigenvalue weighted by Gasteiger charge is 2.18. The van der Waals surface area contributed by atoms with Gasteiger partial charge in [-0.2, -0.15) is 0 Å². The fourth-order valence-electron chi connectivity index (χ4n) is 3.33. The SMILES string of the molecule is Cc1ccccc1Cn1c(C(=O)NCCc2ccccc2)cc2ccoc21. The zero-order chi connectivity index (χ0) is 18.6. The summed E-state index contributed by atoms with van der Waals surface area (Å²) < 4.78 is 7.60. The maximum absolute atomic E-state index is 12.8. The molecular formula is C23H22N2O2. The highest BCUT2D eigenvalue weighted by atomic mass is 16.3. The van der Waals surface area contributed by atoms with Gasteiger partial charge in [0.1, 0.15) is 5.69 Å². The van der Waals surface area contributed by atoms with Gasteiger partial charge in [-0.15, -0.1) is 0 Å². The van der Waals surface area contributed by atoms with Crippen LogP contribution in [-0.2, 0) is 13.0 Å². The first-order valence-corrected chi connectivity index (χ1v) is 9.16. The molecule has 4 rings (SSSR count). The van der Waals surface area contributed by atoms with E-state index in [2.05, 4.69) is 36.5 Å². The van der Waals surface area contributed by atoms with Gasteiger partial charge >= 0.3 is 0 Å². The Kier molecular flexibility index (Phi) is 4.79. The van der Waals surface area contributed by atoms with E-state index in [4.69, 9.17) is 4.42 Å². The van der Waals surface area contributed by atoms with Crippen LogP contribution in [-0.4, -0.2) is 17.0 Å². The number of benzene rings is 2. The topological polar surface area (TPSA) is 47.2 Å². The highest BCUT2D eigenvalue weighted by molar-refractivity contribution is 5.97. The number of amides is 1. The number of rotatable bonds is 6. The van der Waals surface area contributed by atoms with Gasteiger partial charge in [0.15, 0.2) is 0 Å². The molecule has 4 aromatic rings. The van der Waals surface area contributed by atoms with Crippen molar-refractivity contribution in [3.05, 3.63) is 95.4 Å². The monoisotopic (exact) mass is 358 g/mol. The first kappa shape index (κ1) is 17.2. The third-order valence-corrected chi connectivity index (χ3v) is 4.87. The number of nitrogens with zero attached hydrogens (tertiary/aromatic N) is 1. The van der Waals surface area contributed by atoms with Crippen LogP contribution >= 0.6 is 0 Å². The van der Waals surface area contributed by atoms with Crippen LogP contribution in [0.1, 0.15) is 27.2 Å². The maximum atomic E-state index is 12.8. The van der Waals surface area contributed by atoms with Gasteiger partial charge in [-0.3, -0.25) is 4.79 Å². The van der Waals surface area contributed by atoms with Crippen molar-refractivity contribution in [2.24, 2.45) is 0 Å². The molecule has 136 valence electrons. The average molecular weight is 358 g/mol. The number of carbonyl (C=O) groups is 1. The fraction of sp³-hybridized carbons (Fsp3) is 0.174. The number of aryl methyl sites for hydroxylation is 1. The molecule has 1 amide bonds. The summed E-state index contributed by atoms with van der Waals surface area (Å²) in [4.78, 5) is 12.8. The Morgan fingerprint density at radius 2 is 1.81 bits per heavy atom. The van der Waals surface area contributed by atoms with Crippen LogP contribution in [0.25, 0.3) is 11.1 Å². The normalized spacial score (nSPS) is 11.0. The molecule has 0 aliphatic rings. The highest BCUT2D eigenvalue weighted by Crippen LogP contribution is 2.23. The summed E-state index contributed by atoms with van der Waals surface area (Å²) in [6.07, 6.45) is 2.47. The Morgan fingerprint density at radius 3 is 2.63 bits per heavy atom. The van der Waals surface area contributed by atoms with E-state index >= 15 is 0 Å². The van der Waals surface area contributed by atoms with Crippen molar-refractivity contribution in [2.45, 2.75) is 19.9 Å². The van der Waals surface area contributed by atoms with E-state index in [9.17, 15) is 4.79 Å².